The third kappa shape index (κ3) is 3.93. The van der Waals surface area contributed by atoms with Crippen LogP contribution >= 0.6 is 0 Å². The van der Waals surface area contributed by atoms with Gasteiger partial charge in [-0.05, 0) is 61.7 Å². The predicted octanol–water partition coefficient (Wildman–Crippen LogP) is -1.28. The molecule has 0 aromatic rings. The fourth-order valence-corrected chi connectivity index (χ4v) is 5.35. The van der Waals surface area contributed by atoms with Crippen molar-refractivity contribution in [3.63, 3.8) is 0 Å². The second kappa shape index (κ2) is 6.78. The number of hydrogen-bond donors (Lipinski definition) is 1. The summed E-state index contributed by atoms with van der Waals surface area (Å²) in [5, 5.41) is 5.97. The van der Waals surface area contributed by atoms with Crippen LogP contribution in [-0.4, -0.2) is 42.6 Å². The maximum absolute atomic E-state index is 13.0. The molecule has 4 fully saturated rings. The molecule has 0 amide bonds. The third-order valence-electron chi connectivity index (χ3n) is 5.70. The van der Waals surface area contributed by atoms with Crippen molar-refractivity contribution in [1.29, 1.82) is 0 Å². The Bertz CT molecular complexity index is 504. The summed E-state index contributed by atoms with van der Waals surface area (Å²) in [7, 11) is -5.74. The van der Waals surface area contributed by atoms with E-state index in [0.717, 1.165) is 19.3 Å². The van der Waals surface area contributed by atoms with E-state index in [0.29, 0.717) is 17.8 Å². The first-order valence-electron chi connectivity index (χ1n) is 7.70. The molecule has 4 aliphatic carbocycles. The molecule has 0 spiro atoms. The summed E-state index contributed by atoms with van der Waals surface area (Å²) < 4.78 is 62.0. The van der Waals surface area contributed by atoms with Crippen molar-refractivity contribution in [3.05, 3.63) is 0 Å². The average molecular weight is 362 g/mol. The summed E-state index contributed by atoms with van der Waals surface area (Å²) in [6.45, 7) is -1.85. The van der Waals surface area contributed by atoms with E-state index >= 15 is 0 Å². The first-order valence-corrected chi connectivity index (χ1v) is 9.11. The summed E-state index contributed by atoms with van der Waals surface area (Å²) in [5.74, 6) is 1.80. The summed E-state index contributed by atoms with van der Waals surface area (Å²) in [4.78, 5) is 0. The van der Waals surface area contributed by atoms with E-state index in [1.807, 2.05) is 0 Å². The van der Waals surface area contributed by atoms with Crippen LogP contribution in [0, 0.1) is 23.2 Å². The number of ether oxygens (including phenoxy) is 1. The molecule has 5 nitrogen and oxygen atoms in total. The minimum absolute atomic E-state index is 0. The van der Waals surface area contributed by atoms with Crippen LogP contribution < -0.4 is 29.6 Å². The van der Waals surface area contributed by atoms with Crippen LogP contribution in [0.2, 0.25) is 0 Å². The monoisotopic (exact) mass is 362 g/mol. The Hall–Kier alpha value is 0.690. The molecule has 23 heavy (non-hydrogen) atoms. The quantitative estimate of drug-likeness (QED) is 0.470. The molecule has 0 radical (unpaired) electrons. The van der Waals surface area contributed by atoms with Crippen LogP contribution in [0.4, 0.5) is 8.78 Å². The smallest absolute Gasteiger partial charge is 0.743 e. The van der Waals surface area contributed by atoms with Gasteiger partial charge in [-0.2, -0.15) is 8.78 Å². The number of aliphatic hydroxyl groups is 1. The zero-order valence-electron chi connectivity index (χ0n) is 13.2. The third-order valence-corrected chi connectivity index (χ3v) is 6.55. The summed E-state index contributed by atoms with van der Waals surface area (Å²) in [5.41, 5.74) is -0.277. The molecule has 0 heterocycles. The zero-order chi connectivity index (χ0) is 16.2. The van der Waals surface area contributed by atoms with Gasteiger partial charge in [0, 0.05) is 0 Å². The number of alkyl halides is 2. The molecular weight excluding hydrogens is 341 g/mol. The fraction of sp³-hybridized carbons (Fsp3) is 1.00. The van der Waals surface area contributed by atoms with Crippen molar-refractivity contribution in [2.24, 2.45) is 23.2 Å². The normalized spacial score (nSPS) is 37.5. The summed E-state index contributed by atoms with van der Waals surface area (Å²) in [6.07, 6.45) is 5.36. The number of rotatable bonds is 6. The zero-order valence-corrected chi connectivity index (χ0v) is 16.0. The number of aliphatic hydroxyl groups excluding tert-OH is 1. The van der Waals surface area contributed by atoms with Crippen LogP contribution in [0.5, 0.6) is 0 Å². The van der Waals surface area contributed by atoms with E-state index in [2.05, 4.69) is 0 Å². The van der Waals surface area contributed by atoms with Crippen molar-refractivity contribution < 1.29 is 61.2 Å². The van der Waals surface area contributed by atoms with Crippen LogP contribution in [0.3, 0.4) is 0 Å². The average Bonchev–Trinajstić information content (AvgIpc) is 2.35. The largest absolute Gasteiger partial charge is 1.00 e. The van der Waals surface area contributed by atoms with Crippen molar-refractivity contribution >= 4 is 10.1 Å². The predicted molar refractivity (Wildman–Crippen MR) is 72.1 cm³/mol. The van der Waals surface area contributed by atoms with Gasteiger partial charge in [-0.1, -0.05) is 0 Å². The van der Waals surface area contributed by atoms with E-state index in [1.54, 1.807) is 0 Å². The fourth-order valence-electron chi connectivity index (χ4n) is 5.12. The van der Waals surface area contributed by atoms with Gasteiger partial charge in [0.15, 0.2) is 10.1 Å². The van der Waals surface area contributed by atoms with Gasteiger partial charge in [-0.15, -0.1) is 0 Å². The molecule has 4 saturated carbocycles. The Morgan fingerprint density at radius 3 is 2.00 bits per heavy atom. The van der Waals surface area contributed by atoms with Crippen molar-refractivity contribution in [3.8, 4) is 0 Å². The molecule has 0 aromatic carbocycles. The minimum Gasteiger partial charge on any atom is -0.743 e. The van der Waals surface area contributed by atoms with Crippen molar-refractivity contribution in [2.75, 3.05) is 13.2 Å². The Labute approximate surface area is 157 Å². The Morgan fingerprint density at radius 2 is 1.61 bits per heavy atom. The van der Waals surface area contributed by atoms with Gasteiger partial charge < -0.3 is 14.4 Å². The standard InChI is InChI=1S/C14H22F2O5S.Na/c15-14(16,22(18,19)20)8-21-7-12(17)13-4-9-1-10(5-13)3-11(2-9)6-13;/h9-12,17H,1-8H2,(H,18,19,20);/q;+1/p-1. The van der Waals surface area contributed by atoms with Crippen LogP contribution in [0.1, 0.15) is 38.5 Å². The van der Waals surface area contributed by atoms with Crippen LogP contribution in [-0.2, 0) is 14.9 Å². The van der Waals surface area contributed by atoms with E-state index in [9.17, 15) is 26.9 Å². The van der Waals surface area contributed by atoms with E-state index < -0.39 is 28.1 Å². The molecule has 0 saturated heterocycles. The first-order chi connectivity index (χ1) is 10.1. The topological polar surface area (TPSA) is 86.7 Å². The van der Waals surface area contributed by atoms with Gasteiger partial charge in [0.05, 0.1) is 12.7 Å². The molecule has 4 bridgehead atoms. The second-order valence-corrected chi connectivity index (χ2v) is 8.91. The minimum atomic E-state index is -5.74. The molecule has 4 aliphatic rings. The first kappa shape index (κ1) is 20.0. The van der Waals surface area contributed by atoms with Gasteiger partial charge in [-0.25, -0.2) is 8.42 Å². The molecule has 0 aromatic heterocycles. The van der Waals surface area contributed by atoms with Gasteiger partial charge in [-0.3, -0.25) is 0 Å². The van der Waals surface area contributed by atoms with Gasteiger partial charge in [0.2, 0.25) is 0 Å². The molecule has 128 valence electrons. The maximum atomic E-state index is 13.0. The molecule has 4 rings (SSSR count). The van der Waals surface area contributed by atoms with Crippen molar-refractivity contribution in [1.82, 2.24) is 0 Å². The molecule has 1 atom stereocenters. The number of halogens is 2. The van der Waals surface area contributed by atoms with E-state index in [1.165, 1.54) is 19.3 Å². The Balaban J connectivity index is 0.00000192. The van der Waals surface area contributed by atoms with Crippen LogP contribution in [0.15, 0.2) is 0 Å². The maximum Gasteiger partial charge on any atom is 1.00 e. The molecule has 1 unspecified atom stereocenters. The van der Waals surface area contributed by atoms with E-state index in [-0.39, 0.29) is 41.6 Å². The van der Waals surface area contributed by atoms with Gasteiger partial charge in [0.1, 0.15) is 6.61 Å². The molecule has 9 heteroatoms. The number of hydrogen-bond acceptors (Lipinski definition) is 5. The van der Waals surface area contributed by atoms with Gasteiger partial charge >= 0.3 is 34.8 Å². The SMILES string of the molecule is O=S(=O)([O-])C(F)(F)COCC(O)C12CC3CC(CC(C3)C1)C2.[Na+]. The van der Waals surface area contributed by atoms with Gasteiger partial charge in [0.25, 0.3) is 0 Å². The molecular formula is C14H21F2NaO5S. The summed E-state index contributed by atoms with van der Waals surface area (Å²) in [6, 6.07) is 0. The van der Waals surface area contributed by atoms with Crippen molar-refractivity contribution in [2.45, 2.75) is 49.9 Å². The molecule has 1 N–H and O–H groups in total. The summed E-state index contributed by atoms with van der Waals surface area (Å²) >= 11 is 0. The second-order valence-electron chi connectivity index (χ2n) is 7.40. The molecule has 0 aliphatic heterocycles. The Kier molecular flexibility index (Phi) is 5.89. The Morgan fingerprint density at radius 1 is 1.17 bits per heavy atom. The van der Waals surface area contributed by atoms with Crippen LogP contribution in [0.25, 0.3) is 0 Å². The van der Waals surface area contributed by atoms with E-state index in [4.69, 9.17) is 4.74 Å².